The number of halogens is 1. The van der Waals surface area contributed by atoms with E-state index >= 15 is 0 Å². The molecule has 1 heterocycles. The molecule has 1 atom stereocenters. The molecule has 0 spiro atoms. The van der Waals surface area contributed by atoms with E-state index in [9.17, 15) is 10.2 Å². The molecule has 2 rings (SSSR count). The Morgan fingerprint density at radius 1 is 1.35 bits per heavy atom. The van der Waals surface area contributed by atoms with Crippen molar-refractivity contribution >= 4 is 11.6 Å². The molecule has 0 saturated carbocycles. The van der Waals surface area contributed by atoms with E-state index in [1.54, 1.807) is 12.1 Å². The van der Waals surface area contributed by atoms with Crippen molar-refractivity contribution in [1.29, 1.82) is 0 Å². The minimum atomic E-state index is -0.280. The molecule has 3 N–H and O–H groups in total. The van der Waals surface area contributed by atoms with Crippen LogP contribution in [-0.4, -0.2) is 47.9 Å². The molecule has 0 radical (unpaired) electrons. The summed E-state index contributed by atoms with van der Waals surface area (Å²) in [6.07, 6.45) is 0. The van der Waals surface area contributed by atoms with Gasteiger partial charge in [-0.1, -0.05) is 31.5 Å². The maximum absolute atomic E-state index is 9.76. The van der Waals surface area contributed by atoms with Crippen LogP contribution >= 0.6 is 11.6 Å². The number of rotatable bonds is 4. The summed E-state index contributed by atoms with van der Waals surface area (Å²) < 4.78 is 0. The van der Waals surface area contributed by atoms with Gasteiger partial charge >= 0.3 is 0 Å². The van der Waals surface area contributed by atoms with Crippen LogP contribution in [0.25, 0.3) is 0 Å². The zero-order chi connectivity index (χ0) is 14.8. The van der Waals surface area contributed by atoms with Crippen LogP contribution in [0.1, 0.15) is 25.5 Å². The van der Waals surface area contributed by atoms with Crippen LogP contribution in [0.2, 0.25) is 5.02 Å². The third-order valence-electron chi connectivity index (χ3n) is 3.95. The molecule has 112 valence electrons. The average Bonchev–Trinajstić information content (AvgIpc) is 2.44. The minimum absolute atomic E-state index is 0.0766. The Hall–Kier alpha value is -0.810. The van der Waals surface area contributed by atoms with E-state index in [0.29, 0.717) is 5.02 Å². The Balaban J connectivity index is 2.36. The maximum Gasteiger partial charge on any atom is 0.134 e. The topological polar surface area (TPSA) is 55.7 Å². The number of phenolic OH excluding ortho intramolecular Hbond substituents is 1. The molecule has 4 nitrogen and oxygen atoms in total. The molecule has 1 aliphatic rings. The van der Waals surface area contributed by atoms with E-state index in [2.05, 4.69) is 24.1 Å². The molecular formula is C15H23ClN2O2. The van der Waals surface area contributed by atoms with Crippen LogP contribution in [-0.2, 0) is 0 Å². The van der Waals surface area contributed by atoms with Crippen LogP contribution < -0.4 is 5.32 Å². The first kappa shape index (κ1) is 15.6. The van der Waals surface area contributed by atoms with Gasteiger partial charge in [-0.3, -0.25) is 4.90 Å². The second kappa shape index (κ2) is 6.31. The molecule has 1 aromatic rings. The normalized spacial score (nSPS) is 19.0. The van der Waals surface area contributed by atoms with Gasteiger partial charge in [0.1, 0.15) is 5.75 Å². The molecule has 5 heteroatoms. The summed E-state index contributed by atoms with van der Waals surface area (Å²) in [5.74, 6) is 0.0938. The highest BCUT2D eigenvalue weighted by Crippen LogP contribution is 2.40. The lowest BCUT2D eigenvalue weighted by molar-refractivity contribution is 0.0305. The standard InChI is InChI=1S/C15H23ClN2O2/c1-15(2,10-19)14(18-7-5-17-6-8-18)11-3-4-13(20)12(16)9-11/h3-4,9,14,17,19-20H,5-8,10H2,1-2H3/t14-/m1/s1. The van der Waals surface area contributed by atoms with E-state index < -0.39 is 0 Å². The van der Waals surface area contributed by atoms with Gasteiger partial charge in [0, 0.05) is 44.2 Å². The molecule has 0 aliphatic carbocycles. The third-order valence-corrected chi connectivity index (χ3v) is 4.25. The van der Waals surface area contributed by atoms with Crippen molar-refractivity contribution in [2.45, 2.75) is 19.9 Å². The van der Waals surface area contributed by atoms with Gasteiger partial charge in [0.25, 0.3) is 0 Å². The number of phenols is 1. The van der Waals surface area contributed by atoms with Crippen molar-refractivity contribution in [2.24, 2.45) is 5.41 Å². The number of aliphatic hydroxyl groups excluding tert-OH is 1. The summed E-state index contributed by atoms with van der Waals surface area (Å²) >= 11 is 6.05. The number of hydrogen-bond donors (Lipinski definition) is 3. The fourth-order valence-corrected chi connectivity index (χ4v) is 3.07. The molecule has 1 aromatic carbocycles. The molecule has 20 heavy (non-hydrogen) atoms. The van der Waals surface area contributed by atoms with Crippen molar-refractivity contribution in [3.05, 3.63) is 28.8 Å². The highest BCUT2D eigenvalue weighted by Gasteiger charge is 2.35. The maximum atomic E-state index is 9.76. The number of nitrogens with one attached hydrogen (secondary N) is 1. The SMILES string of the molecule is CC(C)(CO)[C@@H](c1ccc(O)c(Cl)c1)N1CCNCC1. The van der Waals surface area contributed by atoms with Gasteiger partial charge in [-0.25, -0.2) is 0 Å². The van der Waals surface area contributed by atoms with Gasteiger partial charge < -0.3 is 15.5 Å². The lowest BCUT2D eigenvalue weighted by Gasteiger charge is -2.43. The Kier molecular flexibility index (Phi) is 4.91. The fourth-order valence-electron chi connectivity index (χ4n) is 2.88. The Morgan fingerprint density at radius 2 is 2.00 bits per heavy atom. The lowest BCUT2D eigenvalue weighted by Crippen LogP contribution is -2.49. The number of hydrogen-bond acceptors (Lipinski definition) is 4. The molecule has 0 aromatic heterocycles. The van der Waals surface area contributed by atoms with Crippen LogP contribution in [0.3, 0.4) is 0 Å². The summed E-state index contributed by atoms with van der Waals surface area (Å²) in [6.45, 7) is 7.98. The predicted octanol–water partition coefficient (Wildman–Crippen LogP) is 2.01. The minimum Gasteiger partial charge on any atom is -0.506 e. The van der Waals surface area contributed by atoms with E-state index in [1.165, 1.54) is 0 Å². The summed E-state index contributed by atoms with van der Waals surface area (Å²) in [6, 6.07) is 5.40. The molecular weight excluding hydrogens is 276 g/mol. The Morgan fingerprint density at radius 3 is 2.55 bits per heavy atom. The first-order chi connectivity index (χ1) is 9.45. The van der Waals surface area contributed by atoms with Gasteiger partial charge in [-0.15, -0.1) is 0 Å². The van der Waals surface area contributed by atoms with Gasteiger partial charge in [-0.05, 0) is 17.7 Å². The molecule has 1 aliphatic heterocycles. The molecule has 0 unspecified atom stereocenters. The van der Waals surface area contributed by atoms with E-state index in [1.807, 2.05) is 6.07 Å². The smallest absolute Gasteiger partial charge is 0.134 e. The van der Waals surface area contributed by atoms with Crippen molar-refractivity contribution in [3.8, 4) is 5.75 Å². The number of aliphatic hydroxyl groups is 1. The third kappa shape index (κ3) is 3.26. The molecule has 0 bridgehead atoms. The Bertz CT molecular complexity index is 459. The fraction of sp³-hybridized carbons (Fsp3) is 0.600. The second-order valence-electron chi connectivity index (χ2n) is 6.05. The van der Waals surface area contributed by atoms with Gasteiger partial charge in [0.15, 0.2) is 0 Å². The zero-order valence-electron chi connectivity index (χ0n) is 12.1. The van der Waals surface area contributed by atoms with Crippen LogP contribution in [0.4, 0.5) is 0 Å². The van der Waals surface area contributed by atoms with Crippen LogP contribution in [0.15, 0.2) is 18.2 Å². The van der Waals surface area contributed by atoms with Crippen molar-refractivity contribution in [1.82, 2.24) is 10.2 Å². The van der Waals surface area contributed by atoms with Gasteiger partial charge in [0.05, 0.1) is 5.02 Å². The second-order valence-corrected chi connectivity index (χ2v) is 6.45. The first-order valence-electron chi connectivity index (χ1n) is 7.00. The number of benzene rings is 1. The van der Waals surface area contributed by atoms with Crippen molar-refractivity contribution in [2.75, 3.05) is 32.8 Å². The monoisotopic (exact) mass is 298 g/mol. The van der Waals surface area contributed by atoms with Gasteiger partial charge in [0.2, 0.25) is 0 Å². The highest BCUT2D eigenvalue weighted by molar-refractivity contribution is 6.32. The van der Waals surface area contributed by atoms with Crippen LogP contribution in [0.5, 0.6) is 5.75 Å². The zero-order valence-corrected chi connectivity index (χ0v) is 12.8. The predicted molar refractivity (Wildman–Crippen MR) is 81.2 cm³/mol. The summed E-state index contributed by atoms with van der Waals surface area (Å²) in [7, 11) is 0. The molecule has 1 saturated heterocycles. The molecule has 0 amide bonds. The summed E-state index contributed by atoms with van der Waals surface area (Å²) in [5, 5.41) is 23.0. The molecule has 1 fully saturated rings. The van der Waals surface area contributed by atoms with Crippen molar-refractivity contribution < 1.29 is 10.2 Å². The lowest BCUT2D eigenvalue weighted by atomic mass is 9.79. The average molecular weight is 299 g/mol. The summed E-state index contributed by atoms with van der Waals surface area (Å²) in [5.41, 5.74) is 0.756. The van der Waals surface area contributed by atoms with E-state index in [0.717, 1.165) is 31.7 Å². The van der Waals surface area contributed by atoms with Gasteiger partial charge in [-0.2, -0.15) is 0 Å². The summed E-state index contributed by atoms with van der Waals surface area (Å²) in [4.78, 5) is 2.37. The van der Waals surface area contributed by atoms with Crippen LogP contribution in [0, 0.1) is 5.41 Å². The largest absolute Gasteiger partial charge is 0.506 e. The number of nitrogens with zero attached hydrogens (tertiary/aromatic N) is 1. The quantitative estimate of drug-likeness (QED) is 0.796. The van der Waals surface area contributed by atoms with E-state index in [4.69, 9.17) is 11.6 Å². The van der Waals surface area contributed by atoms with E-state index in [-0.39, 0.29) is 23.8 Å². The number of piperazine rings is 1. The number of aromatic hydroxyl groups is 1. The van der Waals surface area contributed by atoms with Crippen molar-refractivity contribution in [3.63, 3.8) is 0 Å². The first-order valence-corrected chi connectivity index (χ1v) is 7.37. The Labute approximate surface area is 125 Å². The highest BCUT2D eigenvalue weighted by atomic mass is 35.5.